The van der Waals surface area contributed by atoms with Gasteiger partial charge in [-0.25, -0.2) is 9.78 Å². The van der Waals surface area contributed by atoms with Crippen LogP contribution in [0.3, 0.4) is 0 Å². The molecule has 2 aromatic rings. The summed E-state index contributed by atoms with van der Waals surface area (Å²) in [4.78, 5) is 16.7. The zero-order valence-electron chi connectivity index (χ0n) is 13.9. The summed E-state index contributed by atoms with van der Waals surface area (Å²) >= 11 is 1.39. The number of hydrogen-bond acceptors (Lipinski definition) is 6. The number of ether oxygens (including phenoxy) is 3. The minimum atomic E-state index is -0.341. The normalized spacial score (nSPS) is 15.1. The molecule has 3 rings (SSSR count). The SMILES string of the molecule is COc1cccc(-c2nc(C(=O)OC3CCCCC3)cs2)c1OC. The van der Waals surface area contributed by atoms with Crippen LogP contribution < -0.4 is 9.47 Å². The molecule has 1 aromatic carbocycles. The lowest BCUT2D eigenvalue weighted by atomic mass is 9.98. The molecule has 128 valence electrons. The van der Waals surface area contributed by atoms with Crippen molar-refractivity contribution in [1.82, 2.24) is 4.98 Å². The van der Waals surface area contributed by atoms with E-state index >= 15 is 0 Å². The molecule has 0 bridgehead atoms. The number of carbonyl (C=O) groups is 1. The molecular weight excluding hydrogens is 326 g/mol. The third-order valence-corrected chi connectivity index (χ3v) is 5.05. The van der Waals surface area contributed by atoms with Crippen molar-refractivity contribution in [3.8, 4) is 22.1 Å². The highest BCUT2D eigenvalue weighted by Gasteiger charge is 2.22. The van der Waals surface area contributed by atoms with E-state index in [0.717, 1.165) is 31.2 Å². The van der Waals surface area contributed by atoms with E-state index in [9.17, 15) is 4.79 Å². The number of benzene rings is 1. The summed E-state index contributed by atoms with van der Waals surface area (Å²) in [7, 11) is 3.18. The molecule has 1 aliphatic carbocycles. The standard InChI is InChI=1S/C18H21NO4S/c1-21-15-10-6-9-13(16(15)22-2)17-19-14(11-24-17)18(20)23-12-7-4-3-5-8-12/h6,9-12H,3-5,7-8H2,1-2H3. The van der Waals surface area contributed by atoms with Gasteiger partial charge in [0.15, 0.2) is 17.2 Å². The fraction of sp³-hybridized carbons (Fsp3) is 0.444. The van der Waals surface area contributed by atoms with Crippen molar-refractivity contribution in [1.29, 1.82) is 0 Å². The Hall–Kier alpha value is -2.08. The van der Waals surface area contributed by atoms with Gasteiger partial charge in [-0.2, -0.15) is 0 Å². The average molecular weight is 347 g/mol. The van der Waals surface area contributed by atoms with Crippen LogP contribution in [0.1, 0.15) is 42.6 Å². The smallest absolute Gasteiger partial charge is 0.358 e. The molecule has 0 radical (unpaired) electrons. The van der Waals surface area contributed by atoms with Crippen molar-refractivity contribution < 1.29 is 19.0 Å². The second-order valence-corrected chi connectivity index (χ2v) is 6.60. The number of nitrogens with zero attached hydrogens (tertiary/aromatic N) is 1. The first-order valence-electron chi connectivity index (χ1n) is 8.10. The van der Waals surface area contributed by atoms with Crippen molar-refractivity contribution in [2.24, 2.45) is 0 Å². The van der Waals surface area contributed by atoms with Gasteiger partial charge in [-0.3, -0.25) is 0 Å². The Morgan fingerprint density at radius 3 is 2.67 bits per heavy atom. The van der Waals surface area contributed by atoms with Crippen molar-refractivity contribution in [2.45, 2.75) is 38.2 Å². The summed E-state index contributed by atoms with van der Waals surface area (Å²) in [6, 6.07) is 5.60. The molecule has 5 nitrogen and oxygen atoms in total. The van der Waals surface area contributed by atoms with E-state index in [1.807, 2.05) is 18.2 Å². The van der Waals surface area contributed by atoms with Crippen LogP contribution in [0.15, 0.2) is 23.6 Å². The summed E-state index contributed by atoms with van der Waals surface area (Å²) in [5.74, 6) is 0.907. The molecule has 1 fully saturated rings. The van der Waals surface area contributed by atoms with Crippen LogP contribution in [-0.4, -0.2) is 31.3 Å². The van der Waals surface area contributed by atoms with Crippen LogP contribution in [0.4, 0.5) is 0 Å². The van der Waals surface area contributed by atoms with Gasteiger partial charge in [-0.15, -0.1) is 11.3 Å². The van der Waals surface area contributed by atoms with E-state index in [2.05, 4.69) is 4.98 Å². The predicted octanol–water partition coefficient (Wildman–Crippen LogP) is 4.32. The molecule has 0 atom stereocenters. The maximum atomic E-state index is 12.3. The van der Waals surface area contributed by atoms with Crippen molar-refractivity contribution in [3.05, 3.63) is 29.3 Å². The molecule has 0 saturated heterocycles. The Kier molecular flexibility index (Phi) is 5.35. The van der Waals surface area contributed by atoms with E-state index in [1.54, 1.807) is 19.6 Å². The first-order valence-corrected chi connectivity index (χ1v) is 8.98. The van der Waals surface area contributed by atoms with Crippen LogP contribution >= 0.6 is 11.3 Å². The molecular formula is C18H21NO4S. The van der Waals surface area contributed by atoms with Gasteiger partial charge in [-0.05, 0) is 37.8 Å². The molecule has 6 heteroatoms. The molecule has 1 aliphatic rings. The molecule has 0 spiro atoms. The Labute approximate surface area is 145 Å². The van der Waals surface area contributed by atoms with E-state index in [-0.39, 0.29) is 12.1 Å². The number of hydrogen-bond donors (Lipinski definition) is 0. The lowest BCUT2D eigenvalue weighted by Crippen LogP contribution is -2.21. The Bertz CT molecular complexity index is 707. The third kappa shape index (κ3) is 3.53. The zero-order chi connectivity index (χ0) is 16.9. The van der Waals surface area contributed by atoms with Gasteiger partial charge in [0.05, 0.1) is 19.8 Å². The highest BCUT2D eigenvalue weighted by Crippen LogP contribution is 2.39. The van der Waals surface area contributed by atoms with Crippen molar-refractivity contribution in [2.75, 3.05) is 14.2 Å². The van der Waals surface area contributed by atoms with Crippen LogP contribution in [0, 0.1) is 0 Å². The fourth-order valence-corrected chi connectivity index (χ4v) is 3.75. The van der Waals surface area contributed by atoms with Crippen LogP contribution in [0.5, 0.6) is 11.5 Å². The first kappa shape index (κ1) is 16.8. The van der Waals surface area contributed by atoms with Gasteiger partial charge in [-0.1, -0.05) is 12.5 Å². The number of esters is 1. The van der Waals surface area contributed by atoms with Gasteiger partial charge in [0.1, 0.15) is 11.1 Å². The van der Waals surface area contributed by atoms with Gasteiger partial charge in [0.25, 0.3) is 0 Å². The summed E-state index contributed by atoms with van der Waals surface area (Å²) in [6.07, 6.45) is 5.41. The minimum Gasteiger partial charge on any atom is -0.493 e. The summed E-state index contributed by atoms with van der Waals surface area (Å²) in [6.45, 7) is 0. The van der Waals surface area contributed by atoms with Gasteiger partial charge in [0.2, 0.25) is 0 Å². The van der Waals surface area contributed by atoms with Crippen molar-refractivity contribution >= 4 is 17.3 Å². The molecule has 1 heterocycles. The second kappa shape index (κ2) is 7.66. The molecule has 0 aliphatic heterocycles. The maximum Gasteiger partial charge on any atom is 0.358 e. The number of aromatic nitrogens is 1. The Balaban J connectivity index is 1.79. The number of para-hydroxylation sites is 1. The highest BCUT2D eigenvalue weighted by atomic mass is 32.1. The number of rotatable bonds is 5. The van der Waals surface area contributed by atoms with E-state index in [1.165, 1.54) is 17.8 Å². The Morgan fingerprint density at radius 1 is 1.17 bits per heavy atom. The number of thiazole rings is 1. The van der Waals surface area contributed by atoms with E-state index < -0.39 is 0 Å². The second-order valence-electron chi connectivity index (χ2n) is 5.74. The average Bonchev–Trinajstić information content (AvgIpc) is 3.12. The monoisotopic (exact) mass is 347 g/mol. The van der Waals surface area contributed by atoms with Gasteiger partial charge < -0.3 is 14.2 Å². The van der Waals surface area contributed by atoms with Crippen LogP contribution in [-0.2, 0) is 4.74 Å². The molecule has 1 aromatic heterocycles. The summed E-state index contributed by atoms with van der Waals surface area (Å²) in [5.41, 5.74) is 1.16. The third-order valence-electron chi connectivity index (χ3n) is 4.17. The van der Waals surface area contributed by atoms with E-state index in [4.69, 9.17) is 14.2 Å². The van der Waals surface area contributed by atoms with Gasteiger partial charge in [0, 0.05) is 5.38 Å². The molecule has 0 unspecified atom stereocenters. The van der Waals surface area contributed by atoms with Crippen LogP contribution in [0.25, 0.3) is 10.6 Å². The predicted molar refractivity (Wildman–Crippen MR) is 92.9 cm³/mol. The minimum absolute atomic E-state index is 0.0303. The highest BCUT2D eigenvalue weighted by molar-refractivity contribution is 7.13. The quantitative estimate of drug-likeness (QED) is 0.754. The molecule has 0 N–H and O–H groups in total. The largest absolute Gasteiger partial charge is 0.493 e. The van der Waals surface area contributed by atoms with Gasteiger partial charge >= 0.3 is 5.97 Å². The zero-order valence-corrected chi connectivity index (χ0v) is 14.7. The van der Waals surface area contributed by atoms with E-state index in [0.29, 0.717) is 22.2 Å². The maximum absolute atomic E-state index is 12.3. The van der Waals surface area contributed by atoms with Crippen LogP contribution in [0.2, 0.25) is 0 Å². The number of methoxy groups -OCH3 is 2. The topological polar surface area (TPSA) is 57.7 Å². The molecule has 0 amide bonds. The Morgan fingerprint density at radius 2 is 1.96 bits per heavy atom. The molecule has 24 heavy (non-hydrogen) atoms. The lowest BCUT2D eigenvalue weighted by Gasteiger charge is -2.21. The number of carbonyl (C=O) groups excluding carboxylic acids is 1. The summed E-state index contributed by atoms with van der Waals surface area (Å²) < 4.78 is 16.3. The first-order chi connectivity index (χ1) is 11.7. The lowest BCUT2D eigenvalue weighted by molar-refractivity contribution is 0.0205. The molecule has 1 saturated carbocycles. The summed E-state index contributed by atoms with van der Waals surface area (Å²) in [5, 5.41) is 2.45. The van der Waals surface area contributed by atoms with Crippen molar-refractivity contribution in [3.63, 3.8) is 0 Å². The fourth-order valence-electron chi connectivity index (χ4n) is 2.94.